The fourth-order valence-corrected chi connectivity index (χ4v) is 3.59. The number of benzene rings is 2. The number of nitrogens with zero attached hydrogens (tertiary/aromatic N) is 1. The number of likely N-dealkylation sites (tertiary alicyclic amines) is 1. The number of aryl methyl sites for hydroxylation is 1. The maximum Gasteiger partial charge on any atom is 0.245 e. The molecule has 1 saturated heterocycles. The van der Waals surface area contributed by atoms with Crippen LogP contribution in [0.2, 0.25) is 0 Å². The number of nitrogens with one attached hydrogen (secondary N) is 1. The van der Waals surface area contributed by atoms with Crippen LogP contribution in [0.4, 0.5) is 0 Å². The van der Waals surface area contributed by atoms with Gasteiger partial charge in [0.2, 0.25) is 11.8 Å². The first-order valence-corrected chi connectivity index (χ1v) is 9.18. The molecule has 0 saturated carbocycles. The summed E-state index contributed by atoms with van der Waals surface area (Å²) >= 11 is 0. The van der Waals surface area contributed by atoms with Crippen molar-refractivity contribution in [2.45, 2.75) is 45.2 Å². The van der Waals surface area contributed by atoms with Gasteiger partial charge in [0.15, 0.2) is 0 Å². The van der Waals surface area contributed by atoms with Gasteiger partial charge in [0.25, 0.3) is 0 Å². The molecule has 1 aliphatic heterocycles. The van der Waals surface area contributed by atoms with Gasteiger partial charge in [0.1, 0.15) is 5.54 Å². The van der Waals surface area contributed by atoms with E-state index in [1.165, 1.54) is 11.1 Å². The molecule has 2 aromatic rings. The monoisotopic (exact) mass is 350 g/mol. The van der Waals surface area contributed by atoms with Crippen LogP contribution in [0.1, 0.15) is 36.5 Å². The highest BCUT2D eigenvalue weighted by Gasteiger charge is 2.46. The molecular weight excluding hydrogens is 324 g/mol. The number of rotatable bonds is 6. The Hall–Kier alpha value is -2.62. The highest BCUT2D eigenvalue weighted by atomic mass is 16.2. The fraction of sp³-hybridized carbons (Fsp3) is 0.364. The van der Waals surface area contributed by atoms with E-state index in [0.29, 0.717) is 25.9 Å². The van der Waals surface area contributed by atoms with E-state index in [2.05, 4.69) is 24.4 Å². The first kappa shape index (κ1) is 18.2. The number of hydrogen-bond acceptors (Lipinski definition) is 2. The quantitative estimate of drug-likeness (QED) is 0.869. The third kappa shape index (κ3) is 3.79. The molecule has 1 atom stereocenters. The van der Waals surface area contributed by atoms with Crippen molar-refractivity contribution in [3.8, 4) is 0 Å². The molecule has 4 heteroatoms. The van der Waals surface area contributed by atoms with Crippen molar-refractivity contribution in [1.82, 2.24) is 10.2 Å². The summed E-state index contributed by atoms with van der Waals surface area (Å²) in [5.74, 6) is -0.00654. The zero-order chi connectivity index (χ0) is 18.6. The molecule has 136 valence electrons. The van der Waals surface area contributed by atoms with Crippen molar-refractivity contribution >= 4 is 11.8 Å². The molecular formula is C22H26N2O2. The summed E-state index contributed by atoms with van der Waals surface area (Å²) in [6.07, 6.45) is 1.77. The zero-order valence-corrected chi connectivity index (χ0v) is 15.5. The number of hydrogen-bond donors (Lipinski definition) is 1. The van der Waals surface area contributed by atoms with Gasteiger partial charge in [-0.25, -0.2) is 0 Å². The molecule has 2 amide bonds. The topological polar surface area (TPSA) is 49.4 Å². The Morgan fingerprint density at radius 1 is 1.12 bits per heavy atom. The van der Waals surface area contributed by atoms with Crippen molar-refractivity contribution < 1.29 is 9.59 Å². The second-order valence-electron chi connectivity index (χ2n) is 7.16. The first-order valence-electron chi connectivity index (χ1n) is 9.18. The van der Waals surface area contributed by atoms with Crippen LogP contribution in [0, 0.1) is 6.92 Å². The van der Waals surface area contributed by atoms with Gasteiger partial charge in [0, 0.05) is 19.5 Å². The minimum absolute atomic E-state index is 0.0657. The summed E-state index contributed by atoms with van der Waals surface area (Å²) in [5, 5.41) is 3.01. The van der Waals surface area contributed by atoms with Crippen LogP contribution in [0.15, 0.2) is 54.6 Å². The number of amides is 2. The van der Waals surface area contributed by atoms with E-state index in [4.69, 9.17) is 0 Å². The summed E-state index contributed by atoms with van der Waals surface area (Å²) in [5.41, 5.74) is 2.73. The Morgan fingerprint density at radius 2 is 1.81 bits per heavy atom. The van der Waals surface area contributed by atoms with E-state index < -0.39 is 5.54 Å². The van der Waals surface area contributed by atoms with E-state index in [1.807, 2.05) is 49.4 Å². The molecule has 1 heterocycles. The van der Waals surface area contributed by atoms with Crippen LogP contribution in [0.25, 0.3) is 0 Å². The summed E-state index contributed by atoms with van der Waals surface area (Å²) in [6, 6.07) is 18.0. The lowest BCUT2D eigenvalue weighted by Gasteiger charge is -2.34. The maximum absolute atomic E-state index is 12.9. The lowest BCUT2D eigenvalue weighted by molar-refractivity contribution is -0.140. The van der Waals surface area contributed by atoms with Gasteiger partial charge in [-0.15, -0.1) is 0 Å². The van der Waals surface area contributed by atoms with Gasteiger partial charge in [-0.1, -0.05) is 54.6 Å². The van der Waals surface area contributed by atoms with Gasteiger partial charge in [-0.05, 0) is 43.4 Å². The molecule has 0 radical (unpaired) electrons. The Kier molecular flexibility index (Phi) is 5.40. The fourth-order valence-electron chi connectivity index (χ4n) is 3.59. The van der Waals surface area contributed by atoms with Crippen molar-refractivity contribution in [2.24, 2.45) is 0 Å². The van der Waals surface area contributed by atoms with Crippen molar-refractivity contribution in [2.75, 3.05) is 6.54 Å². The minimum Gasteiger partial charge on any atom is -0.350 e. The highest BCUT2D eigenvalue weighted by Crippen LogP contribution is 2.30. The molecule has 26 heavy (non-hydrogen) atoms. The van der Waals surface area contributed by atoms with E-state index >= 15 is 0 Å². The Labute approximate surface area is 155 Å². The van der Waals surface area contributed by atoms with Crippen molar-refractivity contribution in [3.05, 3.63) is 71.3 Å². The third-order valence-electron chi connectivity index (χ3n) is 5.37. The summed E-state index contributed by atoms with van der Waals surface area (Å²) in [4.78, 5) is 27.1. The Bertz CT molecular complexity index is 788. The van der Waals surface area contributed by atoms with E-state index in [9.17, 15) is 9.59 Å². The molecule has 2 aromatic carbocycles. The van der Waals surface area contributed by atoms with Crippen LogP contribution in [-0.4, -0.2) is 28.8 Å². The summed E-state index contributed by atoms with van der Waals surface area (Å²) < 4.78 is 0. The highest BCUT2D eigenvalue weighted by molar-refractivity contribution is 5.94. The number of carbonyl (C=O) groups is 2. The Balaban J connectivity index is 1.66. The van der Waals surface area contributed by atoms with Crippen molar-refractivity contribution in [3.63, 3.8) is 0 Å². The van der Waals surface area contributed by atoms with E-state index in [0.717, 1.165) is 12.0 Å². The van der Waals surface area contributed by atoms with Gasteiger partial charge in [-0.3, -0.25) is 9.59 Å². The second-order valence-corrected chi connectivity index (χ2v) is 7.16. The largest absolute Gasteiger partial charge is 0.350 e. The number of carbonyl (C=O) groups excluding carboxylic acids is 2. The van der Waals surface area contributed by atoms with Crippen LogP contribution in [0.3, 0.4) is 0 Å². The Morgan fingerprint density at radius 3 is 2.54 bits per heavy atom. The van der Waals surface area contributed by atoms with E-state index in [-0.39, 0.29) is 11.8 Å². The third-order valence-corrected chi connectivity index (χ3v) is 5.37. The first-order chi connectivity index (χ1) is 12.5. The molecule has 1 N–H and O–H groups in total. The molecule has 0 unspecified atom stereocenters. The molecule has 0 aromatic heterocycles. The standard InChI is InChI=1S/C22H26N2O2/c1-17-8-6-7-11-19(17)13-15-24-20(25)12-14-22(24,2)21(26)23-16-18-9-4-3-5-10-18/h3-11H,12-16H2,1-2H3,(H,23,26)/t22-/m0/s1. The second kappa shape index (κ2) is 7.73. The predicted octanol–water partition coefficient (Wildman–Crippen LogP) is 3.24. The lowest BCUT2D eigenvalue weighted by atomic mass is 9.96. The molecule has 0 aliphatic carbocycles. The van der Waals surface area contributed by atoms with Gasteiger partial charge < -0.3 is 10.2 Å². The van der Waals surface area contributed by atoms with E-state index in [1.54, 1.807) is 4.90 Å². The normalized spacial score (nSPS) is 19.6. The molecule has 1 aliphatic rings. The SMILES string of the molecule is Cc1ccccc1CCN1C(=O)CC[C@@]1(C)C(=O)NCc1ccccc1. The van der Waals surface area contributed by atoms with Crippen LogP contribution in [-0.2, 0) is 22.6 Å². The van der Waals surface area contributed by atoms with Gasteiger partial charge >= 0.3 is 0 Å². The predicted molar refractivity (Wildman–Crippen MR) is 103 cm³/mol. The lowest BCUT2D eigenvalue weighted by Crippen LogP contribution is -2.54. The zero-order valence-electron chi connectivity index (χ0n) is 15.5. The van der Waals surface area contributed by atoms with Crippen LogP contribution < -0.4 is 5.32 Å². The molecule has 4 nitrogen and oxygen atoms in total. The average molecular weight is 350 g/mol. The van der Waals surface area contributed by atoms with Crippen molar-refractivity contribution in [1.29, 1.82) is 0 Å². The minimum atomic E-state index is -0.769. The maximum atomic E-state index is 12.9. The molecule has 0 bridgehead atoms. The average Bonchev–Trinajstić information content (AvgIpc) is 2.95. The van der Waals surface area contributed by atoms with Gasteiger partial charge in [0.05, 0.1) is 0 Å². The van der Waals surface area contributed by atoms with Gasteiger partial charge in [-0.2, -0.15) is 0 Å². The summed E-state index contributed by atoms with van der Waals surface area (Å²) in [6.45, 7) is 5.01. The molecule has 3 rings (SSSR count). The van der Waals surface area contributed by atoms with Crippen LogP contribution >= 0.6 is 0 Å². The molecule has 0 spiro atoms. The summed E-state index contributed by atoms with van der Waals surface area (Å²) in [7, 11) is 0. The molecule has 1 fully saturated rings. The van der Waals surface area contributed by atoms with Crippen LogP contribution in [0.5, 0.6) is 0 Å². The smallest absolute Gasteiger partial charge is 0.245 e.